The van der Waals surface area contributed by atoms with E-state index < -0.39 is 11.8 Å². The van der Waals surface area contributed by atoms with Gasteiger partial charge in [0.05, 0.1) is 6.21 Å². The first-order valence-electron chi connectivity index (χ1n) is 10.7. The molecule has 8 heteroatoms. The van der Waals surface area contributed by atoms with Crippen molar-refractivity contribution in [2.45, 2.75) is 20.4 Å². The van der Waals surface area contributed by atoms with Gasteiger partial charge >= 0.3 is 11.8 Å². The molecule has 34 heavy (non-hydrogen) atoms. The summed E-state index contributed by atoms with van der Waals surface area (Å²) < 4.78 is 5.52. The summed E-state index contributed by atoms with van der Waals surface area (Å²) >= 11 is 0. The van der Waals surface area contributed by atoms with E-state index >= 15 is 0 Å². The molecule has 0 aliphatic carbocycles. The molecule has 0 aliphatic rings. The zero-order valence-electron chi connectivity index (χ0n) is 19.0. The Morgan fingerprint density at radius 3 is 2.38 bits per heavy atom. The molecule has 0 atom stereocenters. The second kappa shape index (κ2) is 12.0. The largest absolute Gasteiger partial charge is 0.484 e. The molecule has 174 valence electrons. The summed E-state index contributed by atoms with van der Waals surface area (Å²) in [6.07, 6.45) is 1.40. The van der Waals surface area contributed by atoms with Gasteiger partial charge in [0.2, 0.25) is 0 Å². The SMILES string of the molecule is Cc1ccc(C)c(NC(=O)COc2ccc(/C=N/NC(=O)C(=O)NCc3ccccc3)cc2)c1. The number of carbonyl (C=O) groups excluding carboxylic acids is 3. The average molecular weight is 459 g/mol. The van der Waals surface area contributed by atoms with Crippen molar-refractivity contribution in [2.24, 2.45) is 5.10 Å². The number of aryl methyl sites for hydroxylation is 2. The van der Waals surface area contributed by atoms with E-state index in [9.17, 15) is 14.4 Å². The van der Waals surface area contributed by atoms with E-state index in [2.05, 4.69) is 21.2 Å². The maximum Gasteiger partial charge on any atom is 0.329 e. The second-order valence-corrected chi connectivity index (χ2v) is 7.59. The first-order chi connectivity index (χ1) is 16.4. The second-order valence-electron chi connectivity index (χ2n) is 7.59. The fourth-order valence-corrected chi connectivity index (χ4v) is 2.93. The highest BCUT2D eigenvalue weighted by Crippen LogP contribution is 2.16. The summed E-state index contributed by atoms with van der Waals surface area (Å²) in [6, 6.07) is 21.9. The van der Waals surface area contributed by atoms with Crippen molar-refractivity contribution in [3.8, 4) is 5.75 Å². The van der Waals surface area contributed by atoms with Crippen LogP contribution in [0.25, 0.3) is 0 Å². The van der Waals surface area contributed by atoms with Crippen LogP contribution in [0.15, 0.2) is 77.9 Å². The van der Waals surface area contributed by atoms with Crippen LogP contribution in [-0.4, -0.2) is 30.5 Å². The molecular weight excluding hydrogens is 432 g/mol. The Bertz CT molecular complexity index is 1180. The summed E-state index contributed by atoms with van der Waals surface area (Å²) in [4.78, 5) is 35.8. The molecule has 0 heterocycles. The van der Waals surface area contributed by atoms with Crippen molar-refractivity contribution in [3.05, 3.63) is 95.1 Å². The van der Waals surface area contributed by atoms with Gasteiger partial charge < -0.3 is 15.4 Å². The van der Waals surface area contributed by atoms with Gasteiger partial charge in [0.25, 0.3) is 5.91 Å². The lowest BCUT2D eigenvalue weighted by atomic mass is 10.1. The van der Waals surface area contributed by atoms with Crippen LogP contribution in [0.1, 0.15) is 22.3 Å². The number of rotatable bonds is 8. The van der Waals surface area contributed by atoms with Crippen LogP contribution < -0.4 is 20.8 Å². The lowest BCUT2D eigenvalue weighted by Crippen LogP contribution is -2.37. The quantitative estimate of drug-likeness (QED) is 0.274. The average Bonchev–Trinajstić information content (AvgIpc) is 2.85. The minimum Gasteiger partial charge on any atom is -0.484 e. The molecule has 8 nitrogen and oxygen atoms in total. The zero-order chi connectivity index (χ0) is 24.3. The molecule has 3 amide bonds. The van der Waals surface area contributed by atoms with Gasteiger partial charge in [-0.25, -0.2) is 5.43 Å². The molecule has 0 saturated carbocycles. The predicted molar refractivity (Wildman–Crippen MR) is 131 cm³/mol. The van der Waals surface area contributed by atoms with Crippen LogP contribution in [0.3, 0.4) is 0 Å². The first-order valence-corrected chi connectivity index (χ1v) is 10.7. The monoisotopic (exact) mass is 458 g/mol. The fourth-order valence-electron chi connectivity index (χ4n) is 2.93. The Morgan fingerprint density at radius 1 is 0.912 bits per heavy atom. The Hall–Kier alpha value is -4.46. The molecule has 3 aromatic rings. The van der Waals surface area contributed by atoms with E-state index in [4.69, 9.17) is 4.74 Å². The molecule has 0 aromatic heterocycles. The van der Waals surface area contributed by atoms with Crippen LogP contribution in [-0.2, 0) is 20.9 Å². The summed E-state index contributed by atoms with van der Waals surface area (Å²) in [7, 11) is 0. The number of ether oxygens (including phenoxy) is 1. The number of benzene rings is 3. The Labute approximate surface area is 198 Å². The van der Waals surface area contributed by atoms with Gasteiger partial charge in [-0.05, 0) is 66.4 Å². The molecule has 0 spiro atoms. The van der Waals surface area contributed by atoms with E-state index in [0.717, 1.165) is 22.4 Å². The van der Waals surface area contributed by atoms with Crippen LogP contribution in [0, 0.1) is 13.8 Å². The van der Waals surface area contributed by atoms with Crippen LogP contribution in [0.2, 0.25) is 0 Å². The molecule has 0 aliphatic heterocycles. The van der Waals surface area contributed by atoms with E-state index in [0.29, 0.717) is 11.3 Å². The number of hydrogen-bond donors (Lipinski definition) is 3. The number of anilines is 1. The molecule has 0 bridgehead atoms. The smallest absolute Gasteiger partial charge is 0.329 e. The van der Waals surface area contributed by atoms with E-state index in [-0.39, 0.29) is 19.1 Å². The van der Waals surface area contributed by atoms with Crippen molar-refractivity contribution in [2.75, 3.05) is 11.9 Å². The molecule has 3 rings (SSSR count). The molecule has 0 fully saturated rings. The van der Waals surface area contributed by atoms with Gasteiger partial charge in [0.15, 0.2) is 6.61 Å². The van der Waals surface area contributed by atoms with Crippen LogP contribution in [0.5, 0.6) is 5.75 Å². The van der Waals surface area contributed by atoms with Gasteiger partial charge in [-0.1, -0.05) is 42.5 Å². The van der Waals surface area contributed by atoms with Crippen molar-refractivity contribution >= 4 is 29.6 Å². The Kier molecular flexibility index (Phi) is 8.51. The van der Waals surface area contributed by atoms with Gasteiger partial charge in [-0.2, -0.15) is 5.10 Å². The molecule has 0 unspecified atom stereocenters. The number of hydrazone groups is 1. The fraction of sp³-hybridized carbons (Fsp3) is 0.154. The molecule has 0 radical (unpaired) electrons. The van der Waals surface area contributed by atoms with E-state index in [1.54, 1.807) is 24.3 Å². The standard InChI is InChI=1S/C26H26N4O4/c1-18-8-9-19(2)23(14-18)29-24(31)17-34-22-12-10-21(11-13-22)16-28-30-26(33)25(32)27-15-20-6-4-3-5-7-20/h3-14,16H,15,17H2,1-2H3,(H,27,32)(H,29,31)(H,30,33)/b28-16+. The maximum absolute atomic E-state index is 12.2. The number of nitrogens with zero attached hydrogens (tertiary/aromatic N) is 1. The topological polar surface area (TPSA) is 109 Å². The molecule has 3 aromatic carbocycles. The number of carbonyl (C=O) groups is 3. The van der Waals surface area contributed by atoms with Gasteiger partial charge in [-0.3, -0.25) is 14.4 Å². The highest BCUT2D eigenvalue weighted by atomic mass is 16.5. The Morgan fingerprint density at radius 2 is 1.65 bits per heavy atom. The molecular formula is C26H26N4O4. The van der Waals surface area contributed by atoms with Gasteiger partial charge in [0, 0.05) is 12.2 Å². The normalized spacial score (nSPS) is 10.5. The maximum atomic E-state index is 12.2. The van der Waals surface area contributed by atoms with Crippen molar-refractivity contribution in [1.82, 2.24) is 10.7 Å². The number of nitrogens with one attached hydrogen (secondary N) is 3. The third-order valence-corrected chi connectivity index (χ3v) is 4.80. The highest BCUT2D eigenvalue weighted by molar-refractivity contribution is 6.35. The predicted octanol–water partition coefficient (Wildman–Crippen LogP) is 3.09. The van der Waals surface area contributed by atoms with Gasteiger partial charge in [-0.15, -0.1) is 0 Å². The first kappa shape index (κ1) is 24.2. The molecule has 0 saturated heterocycles. The summed E-state index contributed by atoms with van der Waals surface area (Å²) in [5.74, 6) is -1.38. The molecule has 3 N–H and O–H groups in total. The van der Waals surface area contributed by atoms with Gasteiger partial charge in [0.1, 0.15) is 5.75 Å². The lowest BCUT2D eigenvalue weighted by Gasteiger charge is -2.10. The highest BCUT2D eigenvalue weighted by Gasteiger charge is 2.11. The summed E-state index contributed by atoms with van der Waals surface area (Å²) in [6.45, 7) is 4.01. The zero-order valence-corrected chi connectivity index (χ0v) is 19.0. The van der Waals surface area contributed by atoms with Crippen LogP contribution in [0.4, 0.5) is 5.69 Å². The van der Waals surface area contributed by atoms with Crippen molar-refractivity contribution < 1.29 is 19.1 Å². The third-order valence-electron chi connectivity index (χ3n) is 4.80. The summed E-state index contributed by atoms with van der Waals surface area (Å²) in [5.41, 5.74) is 6.55. The number of hydrogen-bond acceptors (Lipinski definition) is 5. The minimum atomic E-state index is -0.859. The van der Waals surface area contributed by atoms with Crippen molar-refractivity contribution in [3.63, 3.8) is 0 Å². The third kappa shape index (κ3) is 7.59. The van der Waals surface area contributed by atoms with Crippen LogP contribution >= 0.6 is 0 Å². The minimum absolute atomic E-state index is 0.130. The lowest BCUT2D eigenvalue weighted by molar-refractivity contribution is -0.139. The van der Waals surface area contributed by atoms with E-state index in [1.165, 1.54) is 6.21 Å². The summed E-state index contributed by atoms with van der Waals surface area (Å²) in [5, 5.41) is 9.16. The number of amides is 3. The Balaban J connectivity index is 1.41. The van der Waals surface area contributed by atoms with E-state index in [1.807, 2.05) is 62.4 Å². The van der Waals surface area contributed by atoms with Crippen molar-refractivity contribution in [1.29, 1.82) is 0 Å².